The van der Waals surface area contributed by atoms with E-state index in [2.05, 4.69) is 0 Å². The first kappa shape index (κ1) is 11.8. The number of rotatable bonds is 2. The molecule has 1 aromatic rings. The van der Waals surface area contributed by atoms with Gasteiger partial charge in [0, 0.05) is 11.8 Å². The molecule has 1 aromatic carbocycles. The number of likely N-dealkylation sites (tertiary alicyclic amines) is 1. The molecule has 3 nitrogen and oxygen atoms in total. The molecule has 3 heteroatoms. The van der Waals surface area contributed by atoms with Crippen molar-refractivity contribution in [1.82, 2.24) is 4.90 Å². The molecule has 0 N–H and O–H groups in total. The minimum atomic E-state index is -0.200. The smallest absolute Gasteiger partial charge is 0.233 e. The standard InChI is InChI=1S/C14H17NO2/c1-9-10(2)14(17)15(13(9)16)11(3)12-7-5-4-6-8-12/h4-11H,1-3H3. The number of nitrogens with zero attached hydrogens (tertiary/aromatic N) is 1. The number of amides is 2. The van der Waals surface area contributed by atoms with Gasteiger partial charge in [-0.2, -0.15) is 0 Å². The fraction of sp³-hybridized carbons (Fsp3) is 0.429. The minimum Gasteiger partial charge on any atom is -0.275 e. The largest absolute Gasteiger partial charge is 0.275 e. The highest BCUT2D eigenvalue weighted by atomic mass is 16.2. The lowest BCUT2D eigenvalue weighted by atomic mass is 10.00. The maximum Gasteiger partial charge on any atom is 0.233 e. The fourth-order valence-electron chi connectivity index (χ4n) is 2.24. The van der Waals surface area contributed by atoms with Crippen LogP contribution >= 0.6 is 0 Å². The summed E-state index contributed by atoms with van der Waals surface area (Å²) in [5.74, 6) is -0.514. The fourth-order valence-corrected chi connectivity index (χ4v) is 2.24. The number of benzene rings is 1. The van der Waals surface area contributed by atoms with Gasteiger partial charge in [0.15, 0.2) is 0 Å². The molecule has 1 heterocycles. The molecule has 17 heavy (non-hydrogen) atoms. The second kappa shape index (κ2) is 4.32. The zero-order valence-corrected chi connectivity index (χ0v) is 10.4. The van der Waals surface area contributed by atoms with Crippen LogP contribution < -0.4 is 0 Å². The van der Waals surface area contributed by atoms with Crippen LogP contribution in [0.25, 0.3) is 0 Å². The average Bonchev–Trinajstić information content (AvgIpc) is 2.54. The molecule has 0 aliphatic carbocycles. The van der Waals surface area contributed by atoms with Crippen molar-refractivity contribution in [3.8, 4) is 0 Å². The van der Waals surface area contributed by atoms with Crippen molar-refractivity contribution in [2.24, 2.45) is 11.8 Å². The Morgan fingerprint density at radius 1 is 1.00 bits per heavy atom. The van der Waals surface area contributed by atoms with Gasteiger partial charge in [0.2, 0.25) is 11.8 Å². The van der Waals surface area contributed by atoms with Gasteiger partial charge in [-0.1, -0.05) is 44.2 Å². The molecule has 3 unspecified atom stereocenters. The zero-order chi connectivity index (χ0) is 12.6. The van der Waals surface area contributed by atoms with Crippen LogP contribution in [0.4, 0.5) is 0 Å². The minimum absolute atomic E-state index is 0.0566. The summed E-state index contributed by atoms with van der Waals surface area (Å²) in [5, 5.41) is 0. The molecule has 3 atom stereocenters. The molecule has 2 amide bonds. The third-order valence-electron chi connectivity index (χ3n) is 3.67. The van der Waals surface area contributed by atoms with Gasteiger partial charge in [-0.25, -0.2) is 0 Å². The Morgan fingerprint density at radius 2 is 1.47 bits per heavy atom. The molecular weight excluding hydrogens is 214 g/mol. The van der Waals surface area contributed by atoms with Gasteiger partial charge in [0.05, 0.1) is 6.04 Å². The van der Waals surface area contributed by atoms with E-state index in [9.17, 15) is 9.59 Å². The van der Waals surface area contributed by atoms with E-state index in [0.29, 0.717) is 0 Å². The molecular formula is C14H17NO2. The highest BCUT2D eigenvalue weighted by molar-refractivity contribution is 6.05. The van der Waals surface area contributed by atoms with Gasteiger partial charge in [-0.15, -0.1) is 0 Å². The second-order valence-corrected chi connectivity index (χ2v) is 4.71. The van der Waals surface area contributed by atoms with Crippen molar-refractivity contribution in [2.45, 2.75) is 26.8 Å². The summed E-state index contributed by atoms with van der Waals surface area (Å²) in [6.07, 6.45) is 0. The number of hydrogen-bond acceptors (Lipinski definition) is 2. The van der Waals surface area contributed by atoms with Crippen molar-refractivity contribution < 1.29 is 9.59 Å². The first-order valence-electron chi connectivity index (χ1n) is 5.96. The Bertz CT molecular complexity index is 421. The van der Waals surface area contributed by atoms with Crippen LogP contribution in [-0.2, 0) is 9.59 Å². The molecule has 1 saturated heterocycles. The van der Waals surface area contributed by atoms with Gasteiger partial charge in [0.25, 0.3) is 0 Å². The van der Waals surface area contributed by atoms with Gasteiger partial charge < -0.3 is 0 Å². The molecule has 2 rings (SSSR count). The summed E-state index contributed by atoms with van der Waals surface area (Å²) in [4.78, 5) is 25.5. The predicted octanol–water partition coefficient (Wildman–Crippen LogP) is 2.39. The van der Waals surface area contributed by atoms with E-state index in [-0.39, 0.29) is 29.7 Å². The highest BCUT2D eigenvalue weighted by Crippen LogP contribution is 2.32. The van der Waals surface area contributed by atoms with E-state index in [0.717, 1.165) is 5.56 Å². The van der Waals surface area contributed by atoms with Crippen molar-refractivity contribution >= 4 is 11.8 Å². The van der Waals surface area contributed by atoms with Crippen molar-refractivity contribution in [1.29, 1.82) is 0 Å². The first-order valence-corrected chi connectivity index (χ1v) is 5.96. The number of carbonyl (C=O) groups is 2. The summed E-state index contributed by atoms with van der Waals surface area (Å²) >= 11 is 0. The molecule has 0 saturated carbocycles. The Kier molecular flexibility index (Phi) is 3.01. The highest BCUT2D eigenvalue weighted by Gasteiger charge is 2.44. The zero-order valence-electron chi connectivity index (χ0n) is 10.4. The van der Waals surface area contributed by atoms with Gasteiger partial charge in [0.1, 0.15) is 0 Å². The number of hydrogen-bond donors (Lipinski definition) is 0. The van der Waals surface area contributed by atoms with Crippen LogP contribution in [0.3, 0.4) is 0 Å². The van der Waals surface area contributed by atoms with E-state index in [4.69, 9.17) is 0 Å². The molecule has 0 radical (unpaired) electrons. The molecule has 90 valence electrons. The molecule has 0 bridgehead atoms. The van der Waals surface area contributed by atoms with Crippen molar-refractivity contribution in [2.75, 3.05) is 0 Å². The lowest BCUT2D eigenvalue weighted by Gasteiger charge is -2.23. The number of carbonyl (C=O) groups excluding carboxylic acids is 2. The van der Waals surface area contributed by atoms with E-state index >= 15 is 0 Å². The Balaban J connectivity index is 2.30. The van der Waals surface area contributed by atoms with Gasteiger partial charge in [-0.05, 0) is 12.5 Å². The van der Waals surface area contributed by atoms with E-state index in [1.807, 2.05) is 51.1 Å². The summed E-state index contributed by atoms with van der Waals surface area (Å²) in [6, 6.07) is 9.48. The lowest BCUT2D eigenvalue weighted by molar-refractivity contribution is -0.142. The summed E-state index contributed by atoms with van der Waals surface area (Å²) in [7, 11) is 0. The summed E-state index contributed by atoms with van der Waals surface area (Å²) in [6.45, 7) is 5.54. The maximum atomic E-state index is 12.0. The monoisotopic (exact) mass is 231 g/mol. The molecule has 1 fully saturated rings. The first-order chi connectivity index (χ1) is 8.04. The van der Waals surface area contributed by atoms with Crippen LogP contribution in [0.2, 0.25) is 0 Å². The molecule has 1 aliphatic rings. The van der Waals surface area contributed by atoms with Crippen LogP contribution in [0, 0.1) is 11.8 Å². The quantitative estimate of drug-likeness (QED) is 0.733. The summed E-state index contributed by atoms with van der Waals surface area (Å²) in [5.41, 5.74) is 0.996. The third kappa shape index (κ3) is 1.86. The summed E-state index contributed by atoms with van der Waals surface area (Å²) < 4.78 is 0. The van der Waals surface area contributed by atoms with Crippen LogP contribution in [0.1, 0.15) is 32.4 Å². The predicted molar refractivity (Wildman–Crippen MR) is 65.0 cm³/mol. The van der Waals surface area contributed by atoms with Crippen molar-refractivity contribution in [3.05, 3.63) is 35.9 Å². The molecule has 0 aromatic heterocycles. The van der Waals surface area contributed by atoms with Gasteiger partial charge in [-0.3, -0.25) is 14.5 Å². The normalized spacial score (nSPS) is 26.4. The van der Waals surface area contributed by atoms with Crippen LogP contribution in [0.5, 0.6) is 0 Å². The van der Waals surface area contributed by atoms with E-state index in [1.54, 1.807) is 0 Å². The second-order valence-electron chi connectivity index (χ2n) is 4.71. The Labute approximate surface area is 101 Å². The van der Waals surface area contributed by atoms with Crippen LogP contribution in [-0.4, -0.2) is 16.7 Å². The van der Waals surface area contributed by atoms with Crippen molar-refractivity contribution in [3.63, 3.8) is 0 Å². The average molecular weight is 231 g/mol. The number of imide groups is 1. The lowest BCUT2D eigenvalue weighted by Crippen LogP contribution is -2.33. The SMILES string of the molecule is CC1C(=O)N(C(C)c2ccccc2)C(=O)C1C. The van der Waals surface area contributed by atoms with E-state index in [1.165, 1.54) is 4.90 Å². The van der Waals surface area contributed by atoms with Gasteiger partial charge >= 0.3 is 0 Å². The van der Waals surface area contributed by atoms with Crippen LogP contribution in [0.15, 0.2) is 30.3 Å². The topological polar surface area (TPSA) is 37.4 Å². The third-order valence-corrected chi connectivity index (χ3v) is 3.67. The molecule has 0 spiro atoms. The Hall–Kier alpha value is -1.64. The maximum absolute atomic E-state index is 12.0. The molecule has 1 aliphatic heterocycles. The Morgan fingerprint density at radius 3 is 1.94 bits per heavy atom. The van der Waals surface area contributed by atoms with E-state index < -0.39 is 0 Å².